The monoisotopic (exact) mass is 453 g/mol. The van der Waals surface area contributed by atoms with E-state index in [4.69, 9.17) is 11.5 Å². The van der Waals surface area contributed by atoms with Crippen molar-refractivity contribution in [3.05, 3.63) is 58.7 Å². The molecule has 0 aliphatic heterocycles. The van der Waals surface area contributed by atoms with Crippen LogP contribution in [0.3, 0.4) is 0 Å². The van der Waals surface area contributed by atoms with E-state index in [1.165, 1.54) is 0 Å². The van der Waals surface area contributed by atoms with Crippen molar-refractivity contribution in [3.63, 3.8) is 0 Å². The number of sulfone groups is 1. The molecule has 6 nitrogen and oxygen atoms in total. The first-order chi connectivity index (χ1) is 13.5. The molecule has 0 aromatic heterocycles. The van der Waals surface area contributed by atoms with Gasteiger partial charge in [0.25, 0.3) is 5.91 Å². The van der Waals surface area contributed by atoms with Gasteiger partial charge in [0, 0.05) is 5.56 Å². The van der Waals surface area contributed by atoms with Crippen molar-refractivity contribution in [3.8, 4) is 0 Å². The molecule has 0 aliphatic carbocycles. The summed E-state index contributed by atoms with van der Waals surface area (Å²) in [5.74, 6) is -1.94. The number of benzene rings is 2. The number of hydrogen-bond acceptors (Lipinski definition) is 3. The average molecular weight is 453 g/mol. The normalized spacial score (nSPS) is 12.5. The van der Waals surface area contributed by atoms with Crippen molar-refractivity contribution < 1.29 is 39.6 Å². The first kappa shape index (κ1) is 23.2. The molecule has 2 rings (SSSR count). The van der Waals surface area contributed by atoms with Crippen molar-refractivity contribution in [1.82, 2.24) is 0 Å². The lowest BCUT2D eigenvalue weighted by Crippen LogP contribution is -2.24. The number of guanidine groups is 1. The minimum Gasteiger partial charge on any atom is -0.370 e. The number of halogens is 6. The van der Waals surface area contributed by atoms with Crippen molar-refractivity contribution in [2.24, 2.45) is 16.5 Å². The summed E-state index contributed by atoms with van der Waals surface area (Å²) < 4.78 is 104. The number of carbonyl (C=O) groups excluding carboxylic acids is 1. The van der Waals surface area contributed by atoms with E-state index in [2.05, 4.69) is 4.99 Å². The molecular formula is C17H13F6N3O3S. The molecule has 0 radical (unpaired) electrons. The summed E-state index contributed by atoms with van der Waals surface area (Å²) in [4.78, 5) is 13.1. The molecule has 0 bridgehead atoms. The number of rotatable bonds is 3. The molecule has 0 fully saturated rings. The maximum atomic E-state index is 13.5. The van der Waals surface area contributed by atoms with Gasteiger partial charge in [-0.05, 0) is 48.9 Å². The molecule has 0 saturated carbocycles. The zero-order valence-corrected chi connectivity index (χ0v) is 15.8. The van der Waals surface area contributed by atoms with Crippen LogP contribution in [0.4, 0.5) is 26.3 Å². The van der Waals surface area contributed by atoms with Crippen LogP contribution in [-0.2, 0) is 22.2 Å². The van der Waals surface area contributed by atoms with Gasteiger partial charge in [0.1, 0.15) is 0 Å². The molecule has 30 heavy (non-hydrogen) atoms. The van der Waals surface area contributed by atoms with Gasteiger partial charge in [0.2, 0.25) is 9.84 Å². The lowest BCUT2D eigenvalue weighted by molar-refractivity contribution is -0.140. The highest BCUT2D eigenvalue weighted by atomic mass is 32.2. The standard InChI is InChI=1S/C17H13F6N3O3S/c1-8-6-13(12(17(21,22)23)7-11(8)14(27)26-15(24)25)30(28,29)10-4-2-9(3-5-10)16(18,19)20/h2-7H,1H3,(H4,24,25,26,27). The Kier molecular flexibility index (Phi) is 5.90. The highest BCUT2D eigenvalue weighted by Gasteiger charge is 2.39. The third kappa shape index (κ3) is 4.72. The Morgan fingerprint density at radius 1 is 0.933 bits per heavy atom. The largest absolute Gasteiger partial charge is 0.417 e. The summed E-state index contributed by atoms with van der Waals surface area (Å²) in [6.45, 7) is 1.15. The van der Waals surface area contributed by atoms with Crippen molar-refractivity contribution >= 4 is 21.7 Å². The van der Waals surface area contributed by atoms with Gasteiger partial charge in [0.15, 0.2) is 5.96 Å². The summed E-state index contributed by atoms with van der Waals surface area (Å²) >= 11 is 0. The number of aliphatic imine (C=N–C) groups is 1. The first-order valence-corrected chi connectivity index (χ1v) is 9.31. The topological polar surface area (TPSA) is 116 Å². The molecule has 0 atom stereocenters. The van der Waals surface area contributed by atoms with Crippen LogP contribution in [-0.4, -0.2) is 20.3 Å². The van der Waals surface area contributed by atoms with Crippen LogP contribution >= 0.6 is 0 Å². The number of hydrogen-bond donors (Lipinski definition) is 2. The van der Waals surface area contributed by atoms with Crippen LogP contribution in [0.15, 0.2) is 51.2 Å². The SMILES string of the molecule is Cc1cc(S(=O)(=O)c2ccc(C(F)(F)F)cc2)c(C(F)(F)F)cc1C(=O)N=C(N)N. The lowest BCUT2D eigenvalue weighted by atomic mass is 10.0. The average Bonchev–Trinajstić information content (AvgIpc) is 2.59. The van der Waals surface area contributed by atoms with E-state index in [-0.39, 0.29) is 11.6 Å². The van der Waals surface area contributed by atoms with Crippen LogP contribution in [0.25, 0.3) is 0 Å². The molecule has 2 aromatic carbocycles. The minimum absolute atomic E-state index is 0.191. The Hall–Kier alpha value is -3.09. The Morgan fingerprint density at radius 3 is 1.90 bits per heavy atom. The number of carbonyl (C=O) groups is 1. The van der Waals surface area contributed by atoms with E-state index in [0.29, 0.717) is 30.3 Å². The lowest BCUT2D eigenvalue weighted by Gasteiger charge is -2.16. The second-order valence-electron chi connectivity index (χ2n) is 6.03. The number of nitrogens with zero attached hydrogens (tertiary/aromatic N) is 1. The summed E-state index contributed by atoms with van der Waals surface area (Å²) in [5, 5.41) is 0. The maximum Gasteiger partial charge on any atom is 0.417 e. The van der Waals surface area contributed by atoms with Gasteiger partial charge in [-0.15, -0.1) is 0 Å². The zero-order valence-electron chi connectivity index (χ0n) is 15.0. The van der Waals surface area contributed by atoms with Crippen LogP contribution < -0.4 is 11.5 Å². The Balaban J connectivity index is 2.72. The Morgan fingerprint density at radius 2 is 1.47 bits per heavy atom. The van der Waals surface area contributed by atoms with Gasteiger partial charge in [-0.2, -0.15) is 31.3 Å². The molecule has 0 spiro atoms. The van der Waals surface area contributed by atoms with Gasteiger partial charge in [-0.3, -0.25) is 4.79 Å². The third-order valence-electron chi connectivity index (χ3n) is 3.87. The fraction of sp³-hybridized carbons (Fsp3) is 0.176. The molecule has 13 heteroatoms. The molecule has 0 heterocycles. The van der Waals surface area contributed by atoms with Crippen LogP contribution in [0.5, 0.6) is 0 Å². The van der Waals surface area contributed by atoms with Crippen molar-refractivity contribution in [1.29, 1.82) is 0 Å². The quantitative estimate of drug-likeness (QED) is 0.421. The Bertz CT molecular complexity index is 1120. The summed E-state index contributed by atoms with van der Waals surface area (Å²) in [6, 6.07) is 2.83. The van der Waals surface area contributed by atoms with Gasteiger partial charge in [-0.1, -0.05) is 0 Å². The molecule has 1 amide bonds. The number of alkyl halides is 6. The second kappa shape index (κ2) is 7.63. The van der Waals surface area contributed by atoms with Crippen molar-refractivity contribution in [2.75, 3.05) is 0 Å². The summed E-state index contributed by atoms with van der Waals surface area (Å²) in [7, 11) is -4.89. The highest BCUT2D eigenvalue weighted by Crippen LogP contribution is 2.39. The predicted octanol–water partition coefficient (Wildman–Crippen LogP) is 3.28. The van der Waals surface area contributed by atoms with Gasteiger partial charge >= 0.3 is 12.4 Å². The van der Waals surface area contributed by atoms with Gasteiger partial charge in [0.05, 0.1) is 20.9 Å². The second-order valence-corrected chi connectivity index (χ2v) is 7.95. The molecule has 2 aromatic rings. The van der Waals surface area contributed by atoms with Gasteiger partial charge in [-0.25, -0.2) is 8.42 Å². The fourth-order valence-corrected chi connectivity index (χ4v) is 4.03. The molecule has 4 N–H and O–H groups in total. The number of nitrogens with two attached hydrogens (primary N) is 2. The Labute approximate surface area is 166 Å². The van der Waals surface area contributed by atoms with Crippen LogP contribution in [0, 0.1) is 6.92 Å². The predicted molar refractivity (Wildman–Crippen MR) is 93.2 cm³/mol. The summed E-state index contributed by atoms with van der Waals surface area (Å²) in [5.41, 5.74) is 6.41. The minimum atomic E-state index is -5.21. The highest BCUT2D eigenvalue weighted by molar-refractivity contribution is 7.91. The van der Waals surface area contributed by atoms with E-state index < -0.39 is 60.5 Å². The van der Waals surface area contributed by atoms with Crippen LogP contribution in [0.1, 0.15) is 27.0 Å². The molecule has 0 saturated heterocycles. The number of aryl methyl sites for hydroxylation is 1. The maximum absolute atomic E-state index is 13.5. The van der Waals surface area contributed by atoms with E-state index in [9.17, 15) is 39.6 Å². The molecular weight excluding hydrogens is 440 g/mol. The fourth-order valence-electron chi connectivity index (χ4n) is 2.48. The molecule has 0 aliphatic rings. The van der Waals surface area contributed by atoms with E-state index in [1.807, 2.05) is 0 Å². The molecule has 0 unspecified atom stereocenters. The number of amides is 1. The third-order valence-corrected chi connectivity index (χ3v) is 5.68. The van der Waals surface area contributed by atoms with Gasteiger partial charge < -0.3 is 11.5 Å². The molecule has 162 valence electrons. The first-order valence-electron chi connectivity index (χ1n) is 7.83. The smallest absolute Gasteiger partial charge is 0.370 e. The van der Waals surface area contributed by atoms with E-state index >= 15 is 0 Å². The summed E-state index contributed by atoms with van der Waals surface area (Å²) in [6.07, 6.45) is -9.97. The van der Waals surface area contributed by atoms with E-state index in [1.54, 1.807) is 0 Å². The van der Waals surface area contributed by atoms with Crippen LogP contribution in [0.2, 0.25) is 0 Å². The van der Waals surface area contributed by atoms with E-state index in [0.717, 1.165) is 6.92 Å². The zero-order chi connectivity index (χ0) is 23.1. The van der Waals surface area contributed by atoms with Crippen molar-refractivity contribution in [2.45, 2.75) is 29.1 Å².